The van der Waals surface area contributed by atoms with E-state index in [1.165, 1.54) is 0 Å². The molecule has 0 spiro atoms. The number of carboxylic acid groups (broad SMARTS) is 1. The lowest BCUT2D eigenvalue weighted by Gasteiger charge is -2.68. The van der Waals surface area contributed by atoms with E-state index >= 15 is 0 Å². The zero-order valence-corrected chi connectivity index (χ0v) is 6.53. The van der Waals surface area contributed by atoms with Crippen molar-refractivity contribution in [1.82, 2.24) is 0 Å². The van der Waals surface area contributed by atoms with Gasteiger partial charge in [0.2, 0.25) is 0 Å². The minimum Gasteiger partial charge on any atom is -0.481 e. The summed E-state index contributed by atoms with van der Waals surface area (Å²) in [6.07, 6.45) is 2.11. The average molecular weight is 167 g/mol. The van der Waals surface area contributed by atoms with E-state index in [0.29, 0.717) is 25.8 Å². The summed E-state index contributed by atoms with van der Waals surface area (Å²) in [6, 6.07) is 0. The Morgan fingerprint density at radius 2 is 2.17 bits per heavy atom. The van der Waals surface area contributed by atoms with Crippen LogP contribution >= 0.6 is 0 Å². The Morgan fingerprint density at radius 1 is 1.58 bits per heavy atom. The van der Waals surface area contributed by atoms with Crippen LogP contribution in [-0.4, -0.2) is 17.6 Å². The van der Waals surface area contributed by atoms with E-state index in [1.807, 2.05) is 0 Å². The first-order valence-corrected chi connectivity index (χ1v) is 3.87. The van der Waals surface area contributed by atoms with Gasteiger partial charge in [0, 0.05) is 11.5 Å². The summed E-state index contributed by atoms with van der Waals surface area (Å²) in [5.74, 6) is -0.690. The number of hydrogen-bond donors (Lipinski definition) is 1. The van der Waals surface area contributed by atoms with Crippen LogP contribution in [0.1, 0.15) is 19.3 Å². The number of aliphatic carboxylic acids is 1. The third-order valence-corrected chi connectivity index (χ3v) is 3.06. The minimum atomic E-state index is -0.690. The molecular weight excluding hydrogens is 158 g/mol. The van der Waals surface area contributed by atoms with Crippen LogP contribution in [0.4, 0.5) is 0 Å². The second-order valence-corrected chi connectivity index (χ2v) is 4.00. The summed E-state index contributed by atoms with van der Waals surface area (Å²) < 4.78 is 0. The molecule has 0 amide bonds. The number of carbonyl (C=O) groups is 1. The highest BCUT2D eigenvalue weighted by atomic mass is 16.4. The van der Waals surface area contributed by atoms with Crippen molar-refractivity contribution < 1.29 is 9.90 Å². The maximum atomic E-state index is 10.7. The van der Waals surface area contributed by atoms with Crippen molar-refractivity contribution in [3.63, 3.8) is 0 Å². The van der Waals surface area contributed by atoms with Crippen molar-refractivity contribution in [2.45, 2.75) is 19.3 Å². The summed E-state index contributed by atoms with van der Waals surface area (Å²) in [4.78, 5) is 13.3. The minimum absolute atomic E-state index is 0.0601. The zero-order valence-electron chi connectivity index (χ0n) is 6.53. The SMILES string of the molecule is [N-]=[N+]=NCC12CC(C(=O)O)(C1)C2. The molecule has 0 aromatic rings. The molecule has 5 nitrogen and oxygen atoms in total. The summed E-state index contributed by atoms with van der Waals surface area (Å²) >= 11 is 0. The number of nitrogens with zero attached hydrogens (tertiary/aromatic N) is 3. The molecule has 0 unspecified atom stereocenters. The van der Waals surface area contributed by atoms with E-state index < -0.39 is 11.4 Å². The van der Waals surface area contributed by atoms with Gasteiger partial charge < -0.3 is 5.11 Å². The van der Waals surface area contributed by atoms with Gasteiger partial charge in [-0.2, -0.15) is 0 Å². The van der Waals surface area contributed by atoms with Gasteiger partial charge in [0.05, 0.1) is 5.41 Å². The number of carboxylic acids is 1. The average Bonchev–Trinajstić information content (AvgIpc) is 1.81. The molecule has 0 aromatic heterocycles. The van der Waals surface area contributed by atoms with Crippen LogP contribution in [0.15, 0.2) is 5.11 Å². The Bertz CT molecular complexity index is 273. The monoisotopic (exact) mass is 167 g/mol. The Hall–Kier alpha value is -1.22. The van der Waals surface area contributed by atoms with Crippen LogP contribution in [0, 0.1) is 10.8 Å². The van der Waals surface area contributed by atoms with E-state index in [-0.39, 0.29) is 5.41 Å². The number of hydrogen-bond acceptors (Lipinski definition) is 2. The topological polar surface area (TPSA) is 86.1 Å². The summed E-state index contributed by atoms with van der Waals surface area (Å²) in [6.45, 7) is 0.471. The molecule has 0 aromatic carbocycles. The van der Waals surface area contributed by atoms with Gasteiger partial charge in [-0.3, -0.25) is 4.79 Å². The van der Waals surface area contributed by atoms with Gasteiger partial charge in [-0.25, -0.2) is 0 Å². The van der Waals surface area contributed by atoms with Crippen molar-refractivity contribution in [2.24, 2.45) is 15.9 Å². The smallest absolute Gasteiger partial charge is 0.309 e. The Balaban J connectivity index is 1.95. The summed E-state index contributed by atoms with van der Waals surface area (Å²) in [7, 11) is 0. The molecule has 3 aliphatic carbocycles. The molecule has 0 radical (unpaired) electrons. The maximum absolute atomic E-state index is 10.7. The Labute approximate surface area is 69.0 Å². The molecule has 3 rings (SSSR count). The van der Waals surface area contributed by atoms with Gasteiger partial charge in [-0.05, 0) is 30.2 Å². The molecule has 0 atom stereocenters. The molecule has 5 heteroatoms. The van der Waals surface area contributed by atoms with Gasteiger partial charge in [-0.1, -0.05) is 5.11 Å². The standard InChI is InChI=1S/C7H9N3O2/c8-10-9-4-6-1-7(2-6,3-6)5(11)12/h1-4H2,(H,11,12). The van der Waals surface area contributed by atoms with E-state index in [2.05, 4.69) is 10.0 Å². The Morgan fingerprint density at radius 3 is 2.58 bits per heavy atom. The number of rotatable bonds is 3. The van der Waals surface area contributed by atoms with E-state index in [1.54, 1.807) is 0 Å². The molecule has 0 aliphatic heterocycles. The molecule has 1 N–H and O–H groups in total. The molecule has 3 fully saturated rings. The summed E-state index contributed by atoms with van der Waals surface area (Å²) in [5.41, 5.74) is 7.70. The summed E-state index contributed by atoms with van der Waals surface area (Å²) in [5, 5.41) is 12.2. The highest BCUT2D eigenvalue weighted by Crippen LogP contribution is 2.73. The van der Waals surface area contributed by atoms with Gasteiger partial charge >= 0.3 is 5.97 Å². The fourth-order valence-corrected chi connectivity index (χ4v) is 2.57. The first-order valence-electron chi connectivity index (χ1n) is 3.87. The fourth-order valence-electron chi connectivity index (χ4n) is 2.57. The lowest BCUT2D eigenvalue weighted by atomic mass is 9.35. The quantitative estimate of drug-likeness (QED) is 0.392. The largest absolute Gasteiger partial charge is 0.481 e. The van der Waals surface area contributed by atoms with Crippen molar-refractivity contribution in [3.8, 4) is 0 Å². The molecule has 3 saturated carbocycles. The third-order valence-electron chi connectivity index (χ3n) is 3.06. The predicted molar refractivity (Wildman–Crippen MR) is 40.4 cm³/mol. The molecule has 0 saturated heterocycles. The van der Waals surface area contributed by atoms with Gasteiger partial charge in [0.1, 0.15) is 0 Å². The highest BCUT2D eigenvalue weighted by Gasteiger charge is 2.71. The normalized spacial score (nSPS) is 42.0. The lowest BCUT2D eigenvalue weighted by molar-refractivity contribution is -0.218. The molecular formula is C7H9N3O2. The lowest BCUT2D eigenvalue weighted by Crippen LogP contribution is -2.66. The van der Waals surface area contributed by atoms with Crippen LogP contribution < -0.4 is 0 Å². The van der Waals surface area contributed by atoms with Crippen molar-refractivity contribution in [1.29, 1.82) is 0 Å². The zero-order chi connectivity index (χ0) is 8.82. The third kappa shape index (κ3) is 0.689. The van der Waals surface area contributed by atoms with E-state index in [4.69, 9.17) is 10.6 Å². The van der Waals surface area contributed by atoms with Gasteiger partial charge in [0.25, 0.3) is 0 Å². The van der Waals surface area contributed by atoms with Crippen LogP contribution in [0.25, 0.3) is 10.4 Å². The highest BCUT2D eigenvalue weighted by molar-refractivity contribution is 5.79. The second kappa shape index (κ2) is 1.93. The van der Waals surface area contributed by atoms with Crippen LogP contribution in [0.2, 0.25) is 0 Å². The molecule has 12 heavy (non-hydrogen) atoms. The fraction of sp³-hybridized carbons (Fsp3) is 0.857. The molecule has 64 valence electrons. The van der Waals surface area contributed by atoms with Crippen molar-refractivity contribution in [3.05, 3.63) is 10.4 Å². The van der Waals surface area contributed by atoms with Crippen molar-refractivity contribution >= 4 is 5.97 Å². The first kappa shape index (κ1) is 7.43. The van der Waals surface area contributed by atoms with Gasteiger partial charge in [0.15, 0.2) is 0 Å². The van der Waals surface area contributed by atoms with Crippen LogP contribution in [0.3, 0.4) is 0 Å². The van der Waals surface area contributed by atoms with E-state index in [9.17, 15) is 4.79 Å². The molecule has 0 heterocycles. The Kier molecular flexibility index (Phi) is 1.19. The second-order valence-electron chi connectivity index (χ2n) is 4.00. The number of azide groups is 1. The van der Waals surface area contributed by atoms with Crippen LogP contribution in [-0.2, 0) is 4.79 Å². The molecule has 2 bridgehead atoms. The predicted octanol–water partition coefficient (Wildman–Crippen LogP) is 1.55. The van der Waals surface area contributed by atoms with E-state index in [0.717, 1.165) is 0 Å². The van der Waals surface area contributed by atoms with Crippen molar-refractivity contribution in [2.75, 3.05) is 6.54 Å². The van der Waals surface area contributed by atoms with Crippen LogP contribution in [0.5, 0.6) is 0 Å². The maximum Gasteiger partial charge on any atom is 0.309 e. The van der Waals surface area contributed by atoms with Gasteiger partial charge in [-0.15, -0.1) is 0 Å². The molecule has 3 aliphatic rings. The first-order chi connectivity index (χ1) is 5.63.